The highest BCUT2D eigenvalue weighted by molar-refractivity contribution is 7.51. The van der Waals surface area contributed by atoms with E-state index in [2.05, 4.69) is 15.0 Å². The van der Waals surface area contributed by atoms with E-state index >= 15 is 0 Å². The van der Waals surface area contributed by atoms with Crippen LogP contribution >= 0.6 is 7.60 Å². The minimum absolute atomic E-state index is 0.167. The van der Waals surface area contributed by atoms with Gasteiger partial charge in [0.15, 0.2) is 11.1 Å². The zero-order valence-corrected chi connectivity index (χ0v) is 12.1. The van der Waals surface area contributed by atoms with Gasteiger partial charge >= 0.3 is 7.60 Å². The molecule has 0 saturated heterocycles. The number of aliphatic hydroxyl groups is 1. The van der Waals surface area contributed by atoms with E-state index in [9.17, 15) is 9.36 Å². The molecule has 0 aliphatic carbocycles. The first kappa shape index (κ1) is 16.5. The van der Waals surface area contributed by atoms with Crippen molar-refractivity contribution in [2.24, 2.45) is 0 Å². The number of fused-ring (bicyclic) bond motifs is 1. The van der Waals surface area contributed by atoms with E-state index in [1.165, 1.54) is 6.33 Å². The highest BCUT2D eigenvalue weighted by Crippen LogP contribution is 2.34. The topological polar surface area (TPSA) is 174 Å². The molecule has 2 aromatic rings. The molecule has 11 nitrogen and oxygen atoms in total. The molecule has 0 aliphatic heterocycles. The van der Waals surface area contributed by atoms with Crippen molar-refractivity contribution in [1.82, 2.24) is 19.5 Å². The molecule has 1 atom stereocenters. The van der Waals surface area contributed by atoms with Crippen molar-refractivity contribution in [3.63, 3.8) is 0 Å². The predicted octanol–water partition coefficient (Wildman–Crippen LogP) is -1.22. The van der Waals surface area contributed by atoms with Crippen LogP contribution in [0.5, 0.6) is 0 Å². The van der Waals surface area contributed by atoms with Crippen LogP contribution in [0, 0.1) is 5.41 Å². The summed E-state index contributed by atoms with van der Waals surface area (Å²) in [6.07, 6.45) is 0.0930. The van der Waals surface area contributed by atoms with Crippen LogP contribution in [0.3, 0.4) is 0 Å². The van der Waals surface area contributed by atoms with Gasteiger partial charge in [0.25, 0.3) is 0 Å². The van der Waals surface area contributed by atoms with Crippen LogP contribution in [-0.4, -0.2) is 59.4 Å². The summed E-state index contributed by atoms with van der Waals surface area (Å²) in [5, 5.41) is 17.0. The van der Waals surface area contributed by atoms with Crippen LogP contribution < -0.4 is 5.49 Å². The van der Waals surface area contributed by atoms with Crippen molar-refractivity contribution in [3.05, 3.63) is 18.1 Å². The van der Waals surface area contributed by atoms with Crippen LogP contribution in [-0.2, 0) is 9.30 Å². The Balaban J connectivity index is 2.14. The molecule has 0 radical (unpaired) electrons. The summed E-state index contributed by atoms with van der Waals surface area (Å²) in [7, 11) is -4.40. The van der Waals surface area contributed by atoms with Gasteiger partial charge in [0, 0.05) is 0 Å². The lowest BCUT2D eigenvalue weighted by molar-refractivity contribution is 0.0224. The average Bonchev–Trinajstić information content (AvgIpc) is 2.92. The highest BCUT2D eigenvalue weighted by atomic mass is 31.2. The van der Waals surface area contributed by atoms with Crippen LogP contribution in [0.15, 0.2) is 12.7 Å². The second-order valence-electron chi connectivity index (χ2n) is 4.43. The fourth-order valence-corrected chi connectivity index (χ4v) is 2.12. The number of hydrogen-bond donors (Lipinski definition) is 5. The first-order chi connectivity index (χ1) is 10.3. The molecule has 120 valence electrons. The first-order valence-electron chi connectivity index (χ1n) is 6.07. The van der Waals surface area contributed by atoms with Crippen molar-refractivity contribution in [1.29, 1.82) is 5.41 Å². The van der Waals surface area contributed by atoms with E-state index in [-0.39, 0.29) is 23.1 Å². The van der Waals surface area contributed by atoms with E-state index in [0.717, 1.165) is 10.9 Å². The molecule has 22 heavy (non-hydrogen) atoms. The summed E-state index contributed by atoms with van der Waals surface area (Å²) in [4.78, 5) is 40.0. The lowest BCUT2D eigenvalue weighted by Gasteiger charge is -2.15. The molecule has 0 bridgehead atoms. The van der Waals surface area contributed by atoms with Crippen LogP contribution in [0.4, 0.5) is 0 Å². The zero-order chi connectivity index (χ0) is 16.3. The monoisotopic (exact) mass is 331 g/mol. The molecule has 0 amide bonds. The van der Waals surface area contributed by atoms with Crippen molar-refractivity contribution in [2.75, 3.05) is 13.0 Å². The smallest absolute Gasteiger partial charge is 0.350 e. The van der Waals surface area contributed by atoms with Gasteiger partial charge in [0.05, 0.1) is 25.5 Å². The lowest BCUT2D eigenvalue weighted by atomic mass is 10.2. The molecule has 2 aromatic heterocycles. The number of aromatic nitrogens is 4. The maximum atomic E-state index is 12.1. The summed E-state index contributed by atoms with van der Waals surface area (Å²) in [6.45, 7) is -0.598. The maximum Gasteiger partial charge on any atom is 0.350 e. The minimum atomic E-state index is -4.40. The quantitative estimate of drug-likeness (QED) is 0.409. The van der Waals surface area contributed by atoms with Crippen LogP contribution in [0.2, 0.25) is 0 Å². The Morgan fingerprint density at radius 3 is 2.86 bits per heavy atom. The van der Waals surface area contributed by atoms with Gasteiger partial charge in [-0.05, 0) is 0 Å². The number of carbonyl (C=O) groups excluding carboxylic acids is 1. The Bertz CT molecular complexity index is 779. The van der Waals surface area contributed by atoms with E-state index in [1.807, 2.05) is 0 Å². The van der Waals surface area contributed by atoms with Gasteiger partial charge in [-0.15, -0.1) is 0 Å². The second-order valence-corrected chi connectivity index (χ2v) is 6.01. The number of imidazole rings is 1. The molecule has 0 aliphatic rings. The lowest BCUT2D eigenvalue weighted by Crippen LogP contribution is -2.32. The minimum Gasteiger partial charge on any atom is -0.394 e. The fourth-order valence-electron chi connectivity index (χ4n) is 1.71. The zero-order valence-electron chi connectivity index (χ0n) is 11.2. The maximum absolute atomic E-state index is 12.1. The summed E-state index contributed by atoms with van der Waals surface area (Å²) in [6, 6.07) is 0. The Morgan fingerprint density at radius 1 is 1.50 bits per heavy atom. The molecule has 0 fully saturated rings. The van der Waals surface area contributed by atoms with Gasteiger partial charge in [-0.2, -0.15) is 0 Å². The second kappa shape index (κ2) is 6.46. The molecule has 0 spiro atoms. The number of ether oxygens (including phenoxy) is 1. The normalized spacial score (nSPS) is 13.4. The van der Waals surface area contributed by atoms with Crippen molar-refractivity contribution >= 4 is 24.7 Å². The molecule has 0 aromatic carbocycles. The number of aromatic amines is 1. The number of aliphatic hydroxyl groups excluding tert-OH is 1. The average molecular weight is 331 g/mol. The van der Waals surface area contributed by atoms with Crippen LogP contribution in [0.1, 0.15) is 11.2 Å². The standard InChI is InChI=1S/C10H14N5O6P/c11-9-8-10(13-3-12-8)14-4-15(9)7(17)1-6(2-16)21-5-22(18,19)20/h3-4,6,11,16H,1-2,5H2,(H,12,13)(H2,18,19,20)/t6-/m0/s1. The third-order valence-corrected chi connectivity index (χ3v) is 3.23. The highest BCUT2D eigenvalue weighted by Gasteiger charge is 2.21. The van der Waals surface area contributed by atoms with Gasteiger partial charge in [0.1, 0.15) is 18.2 Å². The molecular formula is C10H14N5O6P. The first-order valence-corrected chi connectivity index (χ1v) is 7.87. The van der Waals surface area contributed by atoms with Gasteiger partial charge in [-0.3, -0.25) is 19.3 Å². The van der Waals surface area contributed by atoms with Crippen molar-refractivity contribution < 1.29 is 29.0 Å². The fraction of sp³-hybridized carbons (Fsp3) is 0.400. The van der Waals surface area contributed by atoms with Crippen molar-refractivity contribution in [3.8, 4) is 0 Å². The van der Waals surface area contributed by atoms with Crippen molar-refractivity contribution in [2.45, 2.75) is 12.5 Å². The molecule has 12 heteroatoms. The third kappa shape index (κ3) is 3.84. The number of carbonyl (C=O) groups is 1. The van der Waals surface area contributed by atoms with Gasteiger partial charge in [-0.25, -0.2) is 9.97 Å². The number of hydrogen-bond acceptors (Lipinski definition) is 7. The van der Waals surface area contributed by atoms with Gasteiger partial charge in [0.2, 0.25) is 5.91 Å². The predicted molar refractivity (Wildman–Crippen MR) is 71.8 cm³/mol. The van der Waals surface area contributed by atoms with E-state index in [4.69, 9.17) is 25.0 Å². The molecule has 2 rings (SSSR count). The molecule has 0 saturated carbocycles. The largest absolute Gasteiger partial charge is 0.394 e. The number of rotatable bonds is 6. The molecule has 0 unspecified atom stereocenters. The Kier molecular flexibility index (Phi) is 4.84. The van der Waals surface area contributed by atoms with E-state index < -0.39 is 32.6 Å². The Hall–Kier alpha value is -1.91. The molecule has 2 heterocycles. The van der Waals surface area contributed by atoms with E-state index in [1.54, 1.807) is 0 Å². The Labute approximate surface area is 123 Å². The number of H-pyrrole nitrogens is 1. The van der Waals surface area contributed by atoms with Crippen LogP contribution in [0.25, 0.3) is 11.2 Å². The summed E-state index contributed by atoms with van der Waals surface area (Å²) in [5.74, 6) is -0.612. The van der Waals surface area contributed by atoms with E-state index in [0.29, 0.717) is 0 Å². The SMILES string of the molecule is N=c1c2[nH]cnc2ncn1C(=O)C[C@@H](CO)OCP(=O)(O)O. The van der Waals surface area contributed by atoms with Gasteiger partial charge in [-0.1, -0.05) is 0 Å². The summed E-state index contributed by atoms with van der Waals surface area (Å²) in [5.41, 5.74) is 0.386. The summed E-state index contributed by atoms with van der Waals surface area (Å²) >= 11 is 0. The number of nitrogens with zero attached hydrogens (tertiary/aromatic N) is 3. The van der Waals surface area contributed by atoms with Gasteiger partial charge < -0.3 is 24.6 Å². The number of nitrogens with one attached hydrogen (secondary N) is 2. The third-order valence-electron chi connectivity index (χ3n) is 2.75. The molecular weight excluding hydrogens is 317 g/mol. The summed E-state index contributed by atoms with van der Waals surface area (Å²) < 4.78 is 16.5. The molecule has 5 N–H and O–H groups in total. The Morgan fingerprint density at radius 2 is 2.23 bits per heavy atom.